The lowest BCUT2D eigenvalue weighted by Crippen LogP contribution is -2.27. The molecular formula is C23H23ClN2O5S. The van der Waals surface area contributed by atoms with Gasteiger partial charge in [0.05, 0.1) is 25.3 Å². The predicted octanol–water partition coefficient (Wildman–Crippen LogP) is 4.65. The van der Waals surface area contributed by atoms with E-state index in [2.05, 4.69) is 10.0 Å². The fraction of sp³-hybridized carbons (Fsp3) is 0.174. The van der Waals surface area contributed by atoms with Gasteiger partial charge in [0, 0.05) is 11.3 Å². The van der Waals surface area contributed by atoms with Crippen LogP contribution in [0, 0.1) is 0 Å². The van der Waals surface area contributed by atoms with Gasteiger partial charge in [0.1, 0.15) is 4.90 Å². The lowest BCUT2D eigenvalue weighted by atomic mass is 10.1. The Bertz CT molecular complexity index is 1220. The lowest BCUT2D eigenvalue weighted by molar-refractivity contribution is 0.0939. The zero-order valence-corrected chi connectivity index (χ0v) is 19.3. The summed E-state index contributed by atoms with van der Waals surface area (Å²) in [4.78, 5) is 12.6. The van der Waals surface area contributed by atoms with Crippen LogP contribution < -0.4 is 19.5 Å². The molecule has 0 bridgehead atoms. The average molecular weight is 475 g/mol. The minimum atomic E-state index is -3.99. The second-order valence-corrected chi connectivity index (χ2v) is 8.98. The molecule has 0 aliphatic heterocycles. The van der Waals surface area contributed by atoms with Gasteiger partial charge < -0.3 is 14.8 Å². The van der Waals surface area contributed by atoms with E-state index in [1.54, 1.807) is 49.6 Å². The third-order valence-electron chi connectivity index (χ3n) is 4.76. The fourth-order valence-corrected chi connectivity index (χ4v) is 4.64. The van der Waals surface area contributed by atoms with Crippen LogP contribution in [-0.2, 0) is 10.0 Å². The maximum absolute atomic E-state index is 12.8. The third-order valence-corrected chi connectivity index (χ3v) is 6.63. The second kappa shape index (κ2) is 9.93. The summed E-state index contributed by atoms with van der Waals surface area (Å²) in [5.41, 5.74) is 1.35. The summed E-state index contributed by atoms with van der Waals surface area (Å²) in [6.07, 6.45) is 0. The monoisotopic (exact) mass is 474 g/mol. The predicted molar refractivity (Wildman–Crippen MR) is 124 cm³/mol. The molecule has 0 aromatic heterocycles. The highest BCUT2D eigenvalue weighted by atomic mass is 35.5. The van der Waals surface area contributed by atoms with Crippen molar-refractivity contribution in [3.05, 3.63) is 82.9 Å². The van der Waals surface area contributed by atoms with Crippen LogP contribution in [0.1, 0.15) is 28.9 Å². The molecule has 0 aliphatic carbocycles. The molecular weight excluding hydrogens is 452 g/mol. The molecule has 168 valence electrons. The molecule has 3 aromatic carbocycles. The van der Waals surface area contributed by atoms with E-state index in [4.69, 9.17) is 21.1 Å². The largest absolute Gasteiger partial charge is 0.493 e. The van der Waals surface area contributed by atoms with E-state index in [0.717, 1.165) is 5.56 Å². The van der Waals surface area contributed by atoms with Gasteiger partial charge in [-0.1, -0.05) is 35.9 Å². The zero-order chi connectivity index (χ0) is 23.3. The van der Waals surface area contributed by atoms with Gasteiger partial charge in [0.2, 0.25) is 0 Å². The lowest BCUT2D eigenvalue weighted by Gasteiger charge is -2.17. The summed E-state index contributed by atoms with van der Waals surface area (Å²) >= 11 is 6.14. The molecule has 0 saturated heterocycles. The maximum atomic E-state index is 12.8. The number of anilines is 1. The van der Waals surface area contributed by atoms with Crippen molar-refractivity contribution in [2.75, 3.05) is 18.9 Å². The number of carbonyl (C=O) groups excluding carboxylic acids is 1. The van der Waals surface area contributed by atoms with Crippen LogP contribution >= 0.6 is 11.6 Å². The van der Waals surface area contributed by atoms with Crippen molar-refractivity contribution in [1.82, 2.24) is 5.32 Å². The minimum Gasteiger partial charge on any atom is -0.493 e. The summed E-state index contributed by atoms with van der Waals surface area (Å²) in [5.74, 6) is 0.673. The van der Waals surface area contributed by atoms with Gasteiger partial charge in [0.25, 0.3) is 15.9 Å². The van der Waals surface area contributed by atoms with Crippen molar-refractivity contribution in [3.63, 3.8) is 0 Å². The van der Waals surface area contributed by atoms with E-state index in [9.17, 15) is 13.2 Å². The SMILES string of the molecule is COc1ccc(C(C)NC(=O)c2ccc(Cl)c(S(=O)(=O)Nc3ccccc3)c2)cc1OC. The first-order valence-corrected chi connectivity index (χ1v) is 11.5. The van der Waals surface area contributed by atoms with Gasteiger partial charge >= 0.3 is 0 Å². The molecule has 7 nitrogen and oxygen atoms in total. The van der Waals surface area contributed by atoms with Crippen LogP contribution in [0.2, 0.25) is 5.02 Å². The summed E-state index contributed by atoms with van der Waals surface area (Å²) in [6, 6.07) is 17.5. The van der Waals surface area contributed by atoms with Crippen LogP contribution in [0.3, 0.4) is 0 Å². The number of amides is 1. The molecule has 32 heavy (non-hydrogen) atoms. The molecule has 1 unspecified atom stereocenters. The molecule has 1 amide bonds. The van der Waals surface area contributed by atoms with E-state index in [-0.39, 0.29) is 21.5 Å². The Labute approximate surface area is 192 Å². The number of hydrogen-bond acceptors (Lipinski definition) is 5. The first-order valence-electron chi connectivity index (χ1n) is 9.65. The summed E-state index contributed by atoms with van der Waals surface area (Å²) in [7, 11) is -0.915. The number of para-hydroxylation sites is 1. The van der Waals surface area contributed by atoms with Crippen molar-refractivity contribution >= 4 is 33.2 Å². The molecule has 2 N–H and O–H groups in total. The molecule has 9 heteroatoms. The van der Waals surface area contributed by atoms with E-state index in [1.807, 2.05) is 13.0 Å². The van der Waals surface area contributed by atoms with Crippen molar-refractivity contribution < 1.29 is 22.7 Å². The van der Waals surface area contributed by atoms with Gasteiger partial charge in [-0.2, -0.15) is 0 Å². The molecule has 3 aromatic rings. The molecule has 0 saturated carbocycles. The molecule has 0 aliphatic rings. The third kappa shape index (κ3) is 5.33. The van der Waals surface area contributed by atoms with Crippen molar-refractivity contribution in [3.8, 4) is 11.5 Å². The molecule has 0 fully saturated rings. The van der Waals surface area contributed by atoms with Crippen LogP contribution in [0.15, 0.2) is 71.6 Å². The highest BCUT2D eigenvalue weighted by molar-refractivity contribution is 7.92. The average Bonchev–Trinajstić information content (AvgIpc) is 2.78. The number of benzene rings is 3. The number of rotatable bonds is 8. The first-order chi connectivity index (χ1) is 15.2. The van der Waals surface area contributed by atoms with E-state index in [0.29, 0.717) is 17.2 Å². The van der Waals surface area contributed by atoms with Crippen LogP contribution in [0.5, 0.6) is 11.5 Å². The molecule has 1 atom stereocenters. The van der Waals surface area contributed by atoms with Gasteiger partial charge in [-0.3, -0.25) is 9.52 Å². The first kappa shape index (κ1) is 23.4. The Kier molecular flexibility index (Phi) is 7.27. The topological polar surface area (TPSA) is 93.7 Å². The van der Waals surface area contributed by atoms with E-state index < -0.39 is 15.9 Å². The minimum absolute atomic E-state index is 0.0120. The summed E-state index contributed by atoms with van der Waals surface area (Å²) in [6.45, 7) is 1.81. The number of hydrogen-bond donors (Lipinski definition) is 2. The van der Waals surface area contributed by atoms with Crippen molar-refractivity contribution in [2.45, 2.75) is 17.9 Å². The van der Waals surface area contributed by atoms with Crippen LogP contribution in [0.4, 0.5) is 5.69 Å². The Hall–Kier alpha value is -3.23. The van der Waals surface area contributed by atoms with Gasteiger partial charge in [-0.15, -0.1) is 0 Å². The van der Waals surface area contributed by atoms with E-state index in [1.165, 1.54) is 25.3 Å². The Morgan fingerprint density at radius 2 is 1.62 bits per heavy atom. The van der Waals surface area contributed by atoms with Gasteiger partial charge in [-0.25, -0.2) is 8.42 Å². The Balaban J connectivity index is 1.82. The van der Waals surface area contributed by atoms with Gasteiger partial charge in [-0.05, 0) is 55.0 Å². The standard InChI is InChI=1S/C23H23ClN2O5S/c1-15(16-10-12-20(30-2)21(13-16)31-3)25-23(27)17-9-11-19(24)22(14-17)32(28,29)26-18-7-5-4-6-8-18/h4-15,26H,1-3H3,(H,25,27). The van der Waals surface area contributed by atoms with Crippen LogP contribution in [-0.4, -0.2) is 28.5 Å². The van der Waals surface area contributed by atoms with E-state index >= 15 is 0 Å². The molecule has 0 heterocycles. The maximum Gasteiger partial charge on any atom is 0.263 e. The number of nitrogens with one attached hydrogen (secondary N) is 2. The van der Waals surface area contributed by atoms with Gasteiger partial charge in [0.15, 0.2) is 11.5 Å². The fourth-order valence-electron chi connectivity index (χ4n) is 3.05. The highest BCUT2D eigenvalue weighted by Crippen LogP contribution is 2.30. The van der Waals surface area contributed by atoms with Crippen molar-refractivity contribution in [2.24, 2.45) is 0 Å². The quantitative estimate of drug-likeness (QED) is 0.495. The summed E-state index contributed by atoms with van der Waals surface area (Å²) in [5, 5.41) is 2.87. The highest BCUT2D eigenvalue weighted by Gasteiger charge is 2.21. The number of carbonyl (C=O) groups is 1. The normalized spacial score (nSPS) is 12.0. The molecule has 0 spiro atoms. The van der Waals surface area contributed by atoms with Crippen LogP contribution in [0.25, 0.3) is 0 Å². The Morgan fingerprint density at radius 3 is 2.28 bits per heavy atom. The smallest absolute Gasteiger partial charge is 0.263 e. The number of ether oxygens (including phenoxy) is 2. The number of sulfonamides is 1. The Morgan fingerprint density at radius 1 is 0.938 bits per heavy atom. The number of halogens is 1. The molecule has 0 radical (unpaired) electrons. The zero-order valence-electron chi connectivity index (χ0n) is 17.8. The summed E-state index contributed by atoms with van der Waals surface area (Å²) < 4.78 is 38.6. The second-order valence-electron chi connectivity index (χ2n) is 6.93. The number of methoxy groups -OCH3 is 2. The van der Waals surface area contributed by atoms with Crippen molar-refractivity contribution in [1.29, 1.82) is 0 Å². The molecule has 3 rings (SSSR count).